The van der Waals surface area contributed by atoms with Crippen molar-refractivity contribution in [3.63, 3.8) is 0 Å². The molecule has 0 bridgehead atoms. The lowest BCUT2D eigenvalue weighted by Gasteiger charge is -2.34. The molecule has 180 valence electrons. The number of rotatable bonds is 5. The Morgan fingerprint density at radius 3 is 2.59 bits per heavy atom. The van der Waals surface area contributed by atoms with Crippen LogP contribution in [0.2, 0.25) is 0 Å². The Bertz CT molecular complexity index is 1250. The monoisotopic (exact) mass is 498 g/mol. The number of para-hydroxylation sites is 1. The SMILES string of the molecule is C[C@@H]1CCCCN1S(=O)(=O)c1cccc(C(=O)N2CCN(Cc3nc4ccccc4s3)CC2)c1. The van der Waals surface area contributed by atoms with Gasteiger partial charge >= 0.3 is 0 Å². The summed E-state index contributed by atoms with van der Waals surface area (Å²) in [5, 5.41) is 1.09. The highest BCUT2D eigenvalue weighted by Gasteiger charge is 2.32. The minimum absolute atomic E-state index is 0.0124. The Balaban J connectivity index is 1.23. The number of sulfonamides is 1. The second kappa shape index (κ2) is 9.73. The maximum absolute atomic E-state index is 13.2. The molecule has 34 heavy (non-hydrogen) atoms. The molecule has 1 aromatic heterocycles. The number of piperazine rings is 1. The normalized spacial score (nSPS) is 20.6. The standard InChI is InChI=1S/C25H30N4O3S2/c1-19-7-4-5-12-29(19)34(31,32)21-9-6-8-20(17-21)25(30)28-15-13-27(14-16-28)18-24-26-22-10-2-3-11-23(22)33-24/h2-3,6,8-11,17,19H,4-5,7,12-16,18H2,1H3/t19-/m1/s1. The predicted molar refractivity (Wildman–Crippen MR) is 134 cm³/mol. The van der Waals surface area contributed by atoms with E-state index in [2.05, 4.69) is 11.0 Å². The van der Waals surface area contributed by atoms with Crippen LogP contribution >= 0.6 is 11.3 Å². The van der Waals surface area contributed by atoms with E-state index in [0.29, 0.717) is 25.2 Å². The van der Waals surface area contributed by atoms with E-state index in [1.165, 1.54) is 4.70 Å². The van der Waals surface area contributed by atoms with Gasteiger partial charge in [0.1, 0.15) is 5.01 Å². The summed E-state index contributed by atoms with van der Waals surface area (Å²) in [6.45, 7) is 6.05. The molecule has 2 saturated heterocycles. The molecule has 0 radical (unpaired) electrons. The number of amides is 1. The number of piperidine rings is 1. The van der Waals surface area contributed by atoms with Gasteiger partial charge in [-0.25, -0.2) is 13.4 Å². The number of carbonyl (C=O) groups excluding carboxylic acids is 1. The van der Waals surface area contributed by atoms with Crippen molar-refractivity contribution in [2.75, 3.05) is 32.7 Å². The fourth-order valence-electron chi connectivity index (χ4n) is 4.82. The summed E-state index contributed by atoms with van der Waals surface area (Å²) >= 11 is 1.72. The second-order valence-corrected chi connectivity index (χ2v) is 12.1. The van der Waals surface area contributed by atoms with Crippen LogP contribution in [0.25, 0.3) is 10.2 Å². The summed E-state index contributed by atoms with van der Waals surface area (Å²) in [5.74, 6) is -0.108. The van der Waals surface area contributed by atoms with Crippen LogP contribution in [0.1, 0.15) is 41.6 Å². The van der Waals surface area contributed by atoms with E-state index < -0.39 is 10.0 Å². The quantitative estimate of drug-likeness (QED) is 0.535. The smallest absolute Gasteiger partial charge is 0.253 e. The highest BCUT2D eigenvalue weighted by Crippen LogP contribution is 2.26. The van der Waals surface area contributed by atoms with Crippen molar-refractivity contribution in [1.29, 1.82) is 0 Å². The summed E-state index contributed by atoms with van der Waals surface area (Å²) in [4.78, 5) is 22.3. The molecule has 2 fully saturated rings. The number of hydrogen-bond donors (Lipinski definition) is 0. The molecule has 7 nitrogen and oxygen atoms in total. The molecule has 9 heteroatoms. The van der Waals surface area contributed by atoms with E-state index in [4.69, 9.17) is 4.98 Å². The van der Waals surface area contributed by atoms with E-state index >= 15 is 0 Å². The van der Waals surface area contributed by atoms with Crippen LogP contribution in [0, 0.1) is 0 Å². The van der Waals surface area contributed by atoms with Gasteiger partial charge in [0.05, 0.1) is 21.7 Å². The Morgan fingerprint density at radius 2 is 1.82 bits per heavy atom. The molecule has 0 unspecified atom stereocenters. The van der Waals surface area contributed by atoms with Crippen LogP contribution in [0.15, 0.2) is 53.4 Å². The first-order valence-electron chi connectivity index (χ1n) is 11.9. The fourth-order valence-corrected chi connectivity index (χ4v) is 7.58. The molecule has 0 spiro atoms. The van der Waals surface area contributed by atoms with E-state index in [1.54, 1.807) is 39.9 Å². The first kappa shape index (κ1) is 23.4. The van der Waals surface area contributed by atoms with Crippen molar-refractivity contribution in [1.82, 2.24) is 19.1 Å². The van der Waals surface area contributed by atoms with Gasteiger partial charge in [-0.15, -0.1) is 11.3 Å². The van der Waals surface area contributed by atoms with Gasteiger partial charge in [-0.05, 0) is 50.1 Å². The number of thiazole rings is 1. The number of carbonyl (C=O) groups is 1. The lowest BCUT2D eigenvalue weighted by Crippen LogP contribution is -2.48. The number of aromatic nitrogens is 1. The number of fused-ring (bicyclic) bond motifs is 1. The molecular weight excluding hydrogens is 468 g/mol. The van der Waals surface area contributed by atoms with Gasteiger partial charge in [0.2, 0.25) is 10.0 Å². The van der Waals surface area contributed by atoms with Gasteiger partial charge in [0.25, 0.3) is 5.91 Å². The van der Waals surface area contributed by atoms with Crippen LogP contribution in [-0.4, -0.2) is 72.2 Å². The van der Waals surface area contributed by atoms with Crippen LogP contribution in [-0.2, 0) is 16.6 Å². The molecule has 2 aromatic carbocycles. The summed E-state index contributed by atoms with van der Waals surface area (Å²) in [7, 11) is -3.60. The molecule has 0 saturated carbocycles. The molecule has 2 aliphatic rings. The van der Waals surface area contributed by atoms with Crippen molar-refractivity contribution < 1.29 is 13.2 Å². The summed E-state index contributed by atoms with van der Waals surface area (Å²) < 4.78 is 29.2. The molecular formula is C25H30N4O3S2. The summed E-state index contributed by atoms with van der Waals surface area (Å²) in [6.07, 6.45) is 2.80. The van der Waals surface area contributed by atoms with E-state index in [1.807, 2.05) is 30.0 Å². The number of nitrogens with zero attached hydrogens (tertiary/aromatic N) is 4. The van der Waals surface area contributed by atoms with E-state index in [-0.39, 0.29) is 16.8 Å². The maximum atomic E-state index is 13.2. The lowest BCUT2D eigenvalue weighted by atomic mass is 10.1. The third kappa shape index (κ3) is 4.75. The zero-order chi connectivity index (χ0) is 23.7. The first-order valence-corrected chi connectivity index (χ1v) is 14.2. The molecule has 1 atom stereocenters. The number of hydrogen-bond acceptors (Lipinski definition) is 6. The van der Waals surface area contributed by atoms with Crippen LogP contribution < -0.4 is 0 Å². The average Bonchev–Trinajstić information content (AvgIpc) is 3.26. The molecule has 1 amide bonds. The van der Waals surface area contributed by atoms with Gasteiger partial charge in [0.15, 0.2) is 0 Å². The zero-order valence-electron chi connectivity index (χ0n) is 19.4. The van der Waals surface area contributed by atoms with Gasteiger partial charge < -0.3 is 4.90 Å². The summed E-state index contributed by atoms with van der Waals surface area (Å²) in [5.41, 5.74) is 1.47. The topological polar surface area (TPSA) is 73.8 Å². The Labute approximate surface area is 205 Å². The van der Waals surface area contributed by atoms with Crippen LogP contribution in [0.4, 0.5) is 0 Å². The molecule has 5 rings (SSSR count). The van der Waals surface area contributed by atoms with E-state index in [9.17, 15) is 13.2 Å². The van der Waals surface area contributed by atoms with Crippen LogP contribution in [0.3, 0.4) is 0 Å². The van der Waals surface area contributed by atoms with E-state index in [0.717, 1.165) is 49.4 Å². The third-order valence-electron chi connectivity index (χ3n) is 6.79. The van der Waals surface area contributed by atoms with Crippen molar-refractivity contribution >= 4 is 37.5 Å². The number of benzene rings is 2. The third-order valence-corrected chi connectivity index (χ3v) is 9.82. The van der Waals surface area contributed by atoms with Gasteiger partial charge in [-0.3, -0.25) is 9.69 Å². The molecule has 3 aromatic rings. The van der Waals surface area contributed by atoms with Crippen molar-refractivity contribution in [2.45, 2.75) is 43.7 Å². The molecule has 2 aliphatic heterocycles. The second-order valence-electron chi connectivity index (χ2n) is 9.13. The van der Waals surface area contributed by atoms with Crippen LogP contribution in [0.5, 0.6) is 0 Å². The highest BCUT2D eigenvalue weighted by molar-refractivity contribution is 7.89. The fraction of sp³-hybridized carbons (Fsp3) is 0.440. The Hall–Kier alpha value is -2.33. The maximum Gasteiger partial charge on any atom is 0.253 e. The Kier molecular flexibility index (Phi) is 6.70. The molecule has 0 N–H and O–H groups in total. The van der Waals surface area contributed by atoms with Gasteiger partial charge in [-0.2, -0.15) is 4.31 Å². The largest absolute Gasteiger partial charge is 0.336 e. The Morgan fingerprint density at radius 1 is 1.03 bits per heavy atom. The van der Waals surface area contributed by atoms with Crippen molar-refractivity contribution in [2.24, 2.45) is 0 Å². The van der Waals surface area contributed by atoms with Gasteiger partial charge in [-0.1, -0.05) is 24.6 Å². The minimum atomic E-state index is -3.60. The molecule has 0 aliphatic carbocycles. The van der Waals surface area contributed by atoms with Crippen molar-refractivity contribution in [3.05, 3.63) is 59.1 Å². The van der Waals surface area contributed by atoms with Crippen molar-refractivity contribution in [3.8, 4) is 0 Å². The highest BCUT2D eigenvalue weighted by atomic mass is 32.2. The molecule has 3 heterocycles. The predicted octanol–water partition coefficient (Wildman–Crippen LogP) is 3.82. The first-order chi connectivity index (χ1) is 16.4. The lowest BCUT2D eigenvalue weighted by molar-refractivity contribution is 0.0628. The minimum Gasteiger partial charge on any atom is -0.336 e. The average molecular weight is 499 g/mol. The zero-order valence-corrected chi connectivity index (χ0v) is 21.0. The van der Waals surface area contributed by atoms with Gasteiger partial charge in [0, 0.05) is 44.3 Å². The summed E-state index contributed by atoms with van der Waals surface area (Å²) in [6, 6.07) is 14.7.